The molecule has 0 unspecified atom stereocenters. The van der Waals surface area contributed by atoms with Gasteiger partial charge in [-0.25, -0.2) is 15.0 Å². The minimum atomic E-state index is 0.455. The van der Waals surface area contributed by atoms with Crippen molar-refractivity contribution in [2.75, 3.05) is 17.6 Å². The Hall–Kier alpha value is -1.85. The summed E-state index contributed by atoms with van der Waals surface area (Å²) in [6.07, 6.45) is 6.44. The monoisotopic (exact) mass is 246 g/mol. The number of nitrogens with one attached hydrogen (secondary N) is 1. The summed E-state index contributed by atoms with van der Waals surface area (Å²) in [5.41, 5.74) is 7.44. The lowest BCUT2D eigenvalue weighted by Gasteiger charge is -2.15. The third-order valence-corrected chi connectivity index (χ3v) is 3.53. The summed E-state index contributed by atoms with van der Waals surface area (Å²) in [5, 5.41) is 3.30. The first-order chi connectivity index (χ1) is 8.81. The Bertz CT molecular complexity index is 555. The van der Waals surface area contributed by atoms with Gasteiger partial charge >= 0.3 is 0 Å². The number of nitrogens with zero attached hydrogens (tertiary/aromatic N) is 4. The summed E-state index contributed by atoms with van der Waals surface area (Å²) in [7, 11) is 0. The SMILES string of the molecule is CCNc1nc2c(N)ncnc2n1C1CCCC1. The molecule has 0 spiro atoms. The Balaban J connectivity index is 2.18. The van der Waals surface area contributed by atoms with Crippen molar-refractivity contribution in [3.63, 3.8) is 0 Å². The van der Waals surface area contributed by atoms with E-state index < -0.39 is 0 Å². The molecule has 2 aromatic heterocycles. The van der Waals surface area contributed by atoms with Crippen LogP contribution in [0.4, 0.5) is 11.8 Å². The van der Waals surface area contributed by atoms with E-state index in [1.165, 1.54) is 32.0 Å². The van der Waals surface area contributed by atoms with Gasteiger partial charge < -0.3 is 11.1 Å². The molecule has 0 saturated heterocycles. The molecule has 3 N–H and O–H groups in total. The average molecular weight is 246 g/mol. The molecule has 1 aliphatic rings. The highest BCUT2D eigenvalue weighted by Crippen LogP contribution is 2.35. The Morgan fingerprint density at radius 2 is 2.17 bits per heavy atom. The van der Waals surface area contributed by atoms with Crippen molar-refractivity contribution in [3.05, 3.63) is 6.33 Å². The van der Waals surface area contributed by atoms with Crippen LogP contribution in [0.5, 0.6) is 0 Å². The average Bonchev–Trinajstić information content (AvgIpc) is 2.96. The predicted molar refractivity (Wildman–Crippen MR) is 71.4 cm³/mol. The minimum Gasteiger partial charge on any atom is -0.382 e. The highest BCUT2D eigenvalue weighted by molar-refractivity contribution is 5.84. The molecule has 0 radical (unpaired) electrons. The van der Waals surface area contributed by atoms with Gasteiger partial charge in [0.1, 0.15) is 6.33 Å². The molecule has 1 aliphatic carbocycles. The quantitative estimate of drug-likeness (QED) is 0.865. The fourth-order valence-electron chi connectivity index (χ4n) is 2.72. The molecule has 6 heteroatoms. The topological polar surface area (TPSA) is 81.7 Å². The smallest absolute Gasteiger partial charge is 0.205 e. The molecule has 96 valence electrons. The van der Waals surface area contributed by atoms with E-state index in [0.29, 0.717) is 17.4 Å². The number of aromatic nitrogens is 4. The van der Waals surface area contributed by atoms with Gasteiger partial charge in [0.25, 0.3) is 0 Å². The molecule has 0 atom stereocenters. The number of nitrogens with two attached hydrogens (primary N) is 1. The third kappa shape index (κ3) is 1.68. The fourth-order valence-corrected chi connectivity index (χ4v) is 2.72. The molecule has 1 saturated carbocycles. The van der Waals surface area contributed by atoms with Gasteiger partial charge in [-0.15, -0.1) is 0 Å². The molecule has 6 nitrogen and oxygen atoms in total. The molecule has 1 fully saturated rings. The van der Waals surface area contributed by atoms with E-state index in [0.717, 1.165) is 18.1 Å². The van der Waals surface area contributed by atoms with E-state index in [9.17, 15) is 0 Å². The summed E-state index contributed by atoms with van der Waals surface area (Å²) in [6.45, 7) is 2.90. The number of fused-ring (bicyclic) bond motifs is 1. The van der Waals surface area contributed by atoms with Crippen molar-refractivity contribution >= 4 is 22.9 Å². The highest BCUT2D eigenvalue weighted by Gasteiger charge is 2.24. The molecule has 18 heavy (non-hydrogen) atoms. The molecule has 2 aromatic rings. The number of nitrogen functional groups attached to an aromatic ring is 1. The second kappa shape index (κ2) is 4.44. The Kier molecular flexibility index (Phi) is 2.77. The standard InChI is InChI=1S/C12H18N6/c1-2-14-12-17-9-10(13)15-7-16-11(9)18(12)8-5-3-4-6-8/h7-8H,2-6H2,1H3,(H,14,17)(H2,13,15,16). The van der Waals surface area contributed by atoms with Gasteiger partial charge in [-0.1, -0.05) is 12.8 Å². The molecule has 0 amide bonds. The van der Waals surface area contributed by atoms with Gasteiger partial charge in [-0.2, -0.15) is 0 Å². The van der Waals surface area contributed by atoms with Crippen molar-refractivity contribution in [1.29, 1.82) is 0 Å². The van der Waals surface area contributed by atoms with Crippen molar-refractivity contribution in [2.45, 2.75) is 38.6 Å². The summed E-state index contributed by atoms with van der Waals surface area (Å²) < 4.78 is 2.20. The van der Waals surface area contributed by atoms with Gasteiger partial charge in [-0.05, 0) is 19.8 Å². The number of hydrogen-bond acceptors (Lipinski definition) is 5. The van der Waals surface area contributed by atoms with Crippen LogP contribution in [0.3, 0.4) is 0 Å². The van der Waals surface area contributed by atoms with Crippen LogP contribution >= 0.6 is 0 Å². The lowest BCUT2D eigenvalue weighted by molar-refractivity contribution is 0.534. The molecular weight excluding hydrogens is 228 g/mol. The van der Waals surface area contributed by atoms with E-state index in [1.807, 2.05) is 0 Å². The van der Waals surface area contributed by atoms with Crippen molar-refractivity contribution in [3.8, 4) is 0 Å². The highest BCUT2D eigenvalue weighted by atomic mass is 15.3. The Morgan fingerprint density at radius 3 is 2.89 bits per heavy atom. The summed E-state index contributed by atoms with van der Waals surface area (Å²) in [4.78, 5) is 12.9. The van der Waals surface area contributed by atoms with Crippen LogP contribution in [0.1, 0.15) is 38.6 Å². The zero-order valence-electron chi connectivity index (χ0n) is 10.6. The van der Waals surface area contributed by atoms with Gasteiger partial charge in [0.2, 0.25) is 5.95 Å². The maximum absolute atomic E-state index is 5.88. The fraction of sp³-hybridized carbons (Fsp3) is 0.583. The molecule has 3 rings (SSSR count). The maximum Gasteiger partial charge on any atom is 0.205 e. The van der Waals surface area contributed by atoms with E-state index in [2.05, 4.69) is 31.8 Å². The van der Waals surface area contributed by atoms with Gasteiger partial charge in [-0.3, -0.25) is 4.57 Å². The van der Waals surface area contributed by atoms with Crippen LogP contribution < -0.4 is 11.1 Å². The van der Waals surface area contributed by atoms with E-state index in [-0.39, 0.29) is 0 Å². The summed E-state index contributed by atoms with van der Waals surface area (Å²) in [5.74, 6) is 1.32. The second-order valence-corrected chi connectivity index (χ2v) is 4.71. The lowest BCUT2D eigenvalue weighted by atomic mass is 10.2. The Morgan fingerprint density at radius 1 is 1.39 bits per heavy atom. The largest absolute Gasteiger partial charge is 0.382 e. The van der Waals surface area contributed by atoms with Gasteiger partial charge in [0.05, 0.1) is 0 Å². The van der Waals surface area contributed by atoms with Crippen LogP contribution in [0.15, 0.2) is 6.33 Å². The Labute approximate surface area is 106 Å². The zero-order chi connectivity index (χ0) is 12.5. The normalized spacial score (nSPS) is 16.5. The molecular formula is C12H18N6. The van der Waals surface area contributed by atoms with Crippen molar-refractivity contribution in [2.24, 2.45) is 0 Å². The van der Waals surface area contributed by atoms with E-state index >= 15 is 0 Å². The van der Waals surface area contributed by atoms with Crippen molar-refractivity contribution in [1.82, 2.24) is 19.5 Å². The molecule has 0 aromatic carbocycles. The first kappa shape index (κ1) is 11.3. The van der Waals surface area contributed by atoms with E-state index in [1.54, 1.807) is 0 Å². The minimum absolute atomic E-state index is 0.455. The number of hydrogen-bond donors (Lipinski definition) is 2. The first-order valence-electron chi connectivity index (χ1n) is 6.53. The zero-order valence-corrected chi connectivity index (χ0v) is 10.6. The van der Waals surface area contributed by atoms with Crippen LogP contribution in [0.2, 0.25) is 0 Å². The van der Waals surface area contributed by atoms with E-state index in [4.69, 9.17) is 5.73 Å². The summed E-state index contributed by atoms with van der Waals surface area (Å²) >= 11 is 0. The predicted octanol–water partition coefficient (Wildman–Crippen LogP) is 1.96. The van der Waals surface area contributed by atoms with Crippen molar-refractivity contribution < 1.29 is 0 Å². The summed E-state index contributed by atoms with van der Waals surface area (Å²) in [6, 6.07) is 0.485. The van der Waals surface area contributed by atoms with Gasteiger partial charge in [0, 0.05) is 12.6 Å². The second-order valence-electron chi connectivity index (χ2n) is 4.71. The van der Waals surface area contributed by atoms with Crippen LogP contribution in [0, 0.1) is 0 Å². The molecule has 0 bridgehead atoms. The third-order valence-electron chi connectivity index (χ3n) is 3.53. The molecule has 2 heterocycles. The molecule has 0 aliphatic heterocycles. The number of imidazole rings is 1. The lowest BCUT2D eigenvalue weighted by Crippen LogP contribution is -2.11. The number of anilines is 2. The van der Waals surface area contributed by atoms with Crippen LogP contribution in [-0.2, 0) is 0 Å². The van der Waals surface area contributed by atoms with Crippen LogP contribution in [0.25, 0.3) is 11.2 Å². The first-order valence-corrected chi connectivity index (χ1v) is 6.53. The number of rotatable bonds is 3. The van der Waals surface area contributed by atoms with Crippen LogP contribution in [-0.4, -0.2) is 26.1 Å². The maximum atomic E-state index is 5.88. The van der Waals surface area contributed by atoms with Gasteiger partial charge in [0.15, 0.2) is 17.0 Å².